The van der Waals surface area contributed by atoms with E-state index in [1.807, 2.05) is 6.07 Å². The third-order valence-corrected chi connectivity index (χ3v) is 7.50. The zero-order valence-corrected chi connectivity index (χ0v) is 21.7. The van der Waals surface area contributed by atoms with Crippen LogP contribution in [0.2, 0.25) is 0 Å². The maximum absolute atomic E-state index is 12.6. The number of guanidine groups is 2. The van der Waals surface area contributed by atoms with Crippen LogP contribution in [0, 0.1) is 0 Å². The van der Waals surface area contributed by atoms with Gasteiger partial charge in [-0.05, 0) is 6.42 Å². The van der Waals surface area contributed by atoms with Crippen LogP contribution in [0.5, 0.6) is 0 Å². The molecule has 13 nitrogen and oxygen atoms in total. The van der Waals surface area contributed by atoms with Crippen molar-refractivity contribution in [3.8, 4) is 0 Å². The van der Waals surface area contributed by atoms with Gasteiger partial charge < -0.3 is 31.3 Å². The number of nitrogens with one attached hydrogen (secondary N) is 3. The van der Waals surface area contributed by atoms with Gasteiger partial charge in [-0.1, -0.05) is 54.6 Å². The molecule has 2 unspecified atom stereocenters. The van der Waals surface area contributed by atoms with Crippen molar-refractivity contribution in [3.63, 3.8) is 0 Å². The number of nitrogens with two attached hydrogens (primary N) is 2. The molecule has 0 aromatic heterocycles. The number of amides is 1. The Hall–Kier alpha value is -4.49. The summed E-state index contributed by atoms with van der Waals surface area (Å²) < 4.78 is 6.91. The fourth-order valence-corrected chi connectivity index (χ4v) is 5.49. The van der Waals surface area contributed by atoms with Gasteiger partial charge in [0.25, 0.3) is 0 Å². The quantitative estimate of drug-likeness (QED) is 0.0875. The summed E-state index contributed by atoms with van der Waals surface area (Å²) in [5.41, 5.74) is 12.1. The van der Waals surface area contributed by atoms with Crippen LogP contribution in [0.25, 0.3) is 0 Å². The molecule has 3 aliphatic rings. The number of alkyl carbamates (subject to hydrolysis) is 1. The molecule has 13 heteroatoms. The van der Waals surface area contributed by atoms with Crippen LogP contribution in [0.15, 0.2) is 59.6 Å². The zero-order chi connectivity index (χ0) is 28.5. The van der Waals surface area contributed by atoms with Crippen molar-refractivity contribution in [2.45, 2.75) is 42.8 Å². The van der Waals surface area contributed by atoms with Crippen LogP contribution in [0.3, 0.4) is 0 Å². The van der Waals surface area contributed by atoms with Crippen molar-refractivity contribution >= 4 is 29.6 Å². The van der Waals surface area contributed by atoms with Crippen molar-refractivity contribution < 1.29 is 33.9 Å². The van der Waals surface area contributed by atoms with Gasteiger partial charge in [-0.3, -0.25) is 20.6 Å². The van der Waals surface area contributed by atoms with E-state index in [-0.39, 0.29) is 56.0 Å². The number of ketones is 2. The maximum Gasteiger partial charge on any atom is 0.407 e. The normalized spacial score (nSPS) is 24.2. The molecule has 1 saturated heterocycles. The lowest BCUT2D eigenvalue weighted by molar-refractivity contribution is -0.623. The van der Waals surface area contributed by atoms with Gasteiger partial charge in [-0.15, -0.1) is 0 Å². The molecule has 2 aromatic rings. The second-order valence-electron chi connectivity index (χ2n) is 10.0. The number of nitrogens with zero attached hydrogens (tertiary/aromatic N) is 2. The van der Waals surface area contributed by atoms with Gasteiger partial charge in [0.05, 0.1) is 6.54 Å². The minimum absolute atomic E-state index is 0.0183. The van der Waals surface area contributed by atoms with E-state index in [1.54, 1.807) is 53.1 Å². The first-order valence-corrected chi connectivity index (χ1v) is 13.0. The minimum Gasteiger partial charge on any atom is -0.446 e. The van der Waals surface area contributed by atoms with E-state index < -0.39 is 29.6 Å². The summed E-state index contributed by atoms with van der Waals surface area (Å²) in [6, 6.07) is 13.9. The molecule has 9 N–H and O–H groups in total. The summed E-state index contributed by atoms with van der Waals surface area (Å²) in [4.78, 5) is 41.7. The largest absolute Gasteiger partial charge is 0.446 e. The SMILES string of the molecule is NC1=NC2[C@H](COC(=O)NCCCC(=O)c3ccc(C(=O)c4ccccc4)cc3)NC(N)=[N+]3CCC(O)(O)C23N1. The molecule has 1 amide bonds. The second-order valence-corrected chi connectivity index (χ2v) is 10.0. The summed E-state index contributed by atoms with van der Waals surface area (Å²) in [5.74, 6) is -2.19. The Morgan fingerprint density at radius 2 is 1.73 bits per heavy atom. The number of carbonyl (C=O) groups excluding carboxylic acids is 3. The lowest BCUT2D eigenvalue weighted by Gasteiger charge is -2.42. The first-order chi connectivity index (χ1) is 19.1. The fraction of sp³-hybridized carbons (Fsp3) is 0.370. The summed E-state index contributed by atoms with van der Waals surface area (Å²) in [5, 5.41) is 29.9. The molecular formula is C27H32N7O6+. The Morgan fingerprint density at radius 3 is 2.45 bits per heavy atom. The molecule has 5 rings (SSSR count). The van der Waals surface area contributed by atoms with E-state index in [0.29, 0.717) is 23.1 Å². The van der Waals surface area contributed by atoms with Crippen molar-refractivity contribution in [1.82, 2.24) is 16.0 Å². The first-order valence-electron chi connectivity index (χ1n) is 13.0. The molecule has 40 heavy (non-hydrogen) atoms. The molecule has 3 atom stereocenters. The molecule has 0 aliphatic carbocycles. The molecule has 3 heterocycles. The van der Waals surface area contributed by atoms with Crippen LogP contribution in [-0.2, 0) is 4.74 Å². The molecular weight excluding hydrogens is 518 g/mol. The van der Waals surface area contributed by atoms with Crippen molar-refractivity contribution in [1.29, 1.82) is 0 Å². The summed E-state index contributed by atoms with van der Waals surface area (Å²) in [7, 11) is 0. The summed E-state index contributed by atoms with van der Waals surface area (Å²) in [6.45, 7) is 0.293. The monoisotopic (exact) mass is 550 g/mol. The number of rotatable bonds is 9. The standard InChI is InChI=1S/C27H31N7O6/c28-23-32-22-19(31-24(29)34-14-12-26(38,39)27(22,34)33-23)15-40-25(37)30-13-4-7-20(35)16-8-10-18(11-9-16)21(36)17-5-2-1-3-6-17/h1-3,5-6,8-11,19,22,38-39H,4,7,12-15H2,(H6,28,29,30,31,32,33,37)/p+1/t19-,22?,27?/m0/s1. The minimum atomic E-state index is -2.17. The summed E-state index contributed by atoms with van der Waals surface area (Å²) >= 11 is 0. The van der Waals surface area contributed by atoms with Gasteiger partial charge in [0.1, 0.15) is 12.6 Å². The van der Waals surface area contributed by atoms with Gasteiger partial charge in [-0.2, -0.15) is 0 Å². The number of ether oxygens (including phenoxy) is 1. The van der Waals surface area contributed by atoms with Crippen LogP contribution in [0.4, 0.5) is 4.79 Å². The van der Waals surface area contributed by atoms with E-state index in [0.717, 1.165) is 0 Å². The molecule has 3 aliphatic heterocycles. The molecule has 0 bridgehead atoms. The molecule has 0 saturated carbocycles. The Morgan fingerprint density at radius 1 is 1.05 bits per heavy atom. The lowest BCUT2D eigenvalue weighted by Crippen LogP contribution is -2.77. The predicted molar refractivity (Wildman–Crippen MR) is 144 cm³/mol. The van der Waals surface area contributed by atoms with Crippen LogP contribution >= 0.6 is 0 Å². The van der Waals surface area contributed by atoms with Gasteiger partial charge in [0.15, 0.2) is 23.6 Å². The van der Waals surface area contributed by atoms with E-state index in [2.05, 4.69) is 20.9 Å². The smallest absolute Gasteiger partial charge is 0.407 e. The van der Waals surface area contributed by atoms with Gasteiger partial charge in [0, 0.05) is 36.1 Å². The average molecular weight is 551 g/mol. The number of carbonyl (C=O) groups is 3. The number of hydrogen-bond donors (Lipinski definition) is 7. The third-order valence-electron chi connectivity index (χ3n) is 7.50. The van der Waals surface area contributed by atoms with Crippen LogP contribution < -0.4 is 27.4 Å². The number of hydrogen-bond acceptors (Lipinski definition) is 11. The highest BCUT2D eigenvalue weighted by molar-refractivity contribution is 6.09. The van der Waals surface area contributed by atoms with E-state index in [4.69, 9.17) is 16.2 Å². The highest BCUT2D eigenvalue weighted by Crippen LogP contribution is 2.40. The molecule has 1 fully saturated rings. The number of aliphatic hydroxyl groups is 2. The van der Waals surface area contributed by atoms with Crippen LogP contribution in [-0.4, -0.2) is 87.6 Å². The average Bonchev–Trinajstić information content (AvgIpc) is 3.45. The van der Waals surface area contributed by atoms with Crippen molar-refractivity contribution in [3.05, 3.63) is 71.3 Å². The Bertz CT molecular complexity index is 1380. The molecule has 0 radical (unpaired) electrons. The highest BCUT2D eigenvalue weighted by atomic mass is 16.5. The zero-order valence-electron chi connectivity index (χ0n) is 21.7. The maximum atomic E-state index is 12.6. The third kappa shape index (κ3) is 4.84. The Labute approximate surface area is 229 Å². The fourth-order valence-electron chi connectivity index (χ4n) is 5.49. The molecule has 1 spiro atoms. The van der Waals surface area contributed by atoms with Crippen molar-refractivity contribution in [2.75, 3.05) is 19.7 Å². The van der Waals surface area contributed by atoms with E-state index in [9.17, 15) is 24.6 Å². The second kappa shape index (κ2) is 10.6. The van der Waals surface area contributed by atoms with Gasteiger partial charge in [-0.25, -0.2) is 14.4 Å². The first kappa shape index (κ1) is 27.1. The molecule has 2 aromatic carbocycles. The Balaban J connectivity index is 1.08. The highest BCUT2D eigenvalue weighted by Gasteiger charge is 2.71. The topological polar surface area (TPSA) is 204 Å². The van der Waals surface area contributed by atoms with Gasteiger partial charge >= 0.3 is 12.1 Å². The summed E-state index contributed by atoms with van der Waals surface area (Å²) in [6.07, 6.45) is -0.118. The number of Topliss-reactive ketones (excluding diaryl/α,β-unsaturated/α-hetero) is 1. The lowest BCUT2D eigenvalue weighted by atomic mass is 9.87. The number of benzene rings is 2. The Kier molecular flexibility index (Phi) is 7.17. The van der Waals surface area contributed by atoms with E-state index in [1.165, 1.54) is 0 Å². The van der Waals surface area contributed by atoms with Crippen LogP contribution in [0.1, 0.15) is 45.5 Å². The number of aliphatic imine (C=N–C) groups is 1. The van der Waals surface area contributed by atoms with E-state index >= 15 is 0 Å². The predicted octanol–water partition coefficient (Wildman–Crippen LogP) is -1.03. The molecule has 210 valence electrons. The van der Waals surface area contributed by atoms with Crippen molar-refractivity contribution in [2.24, 2.45) is 16.5 Å². The van der Waals surface area contributed by atoms with Gasteiger partial charge in [0.2, 0.25) is 11.4 Å².